The SMILES string of the molecule is CB(O)/N=C(/NCCCCCCCCN(B(C)O)/C(=N\B(C)O)N(CCCc1ccc(C(=N)NBC=O)cc1)B(C)O)NB(C)O. The van der Waals surface area contributed by atoms with Gasteiger partial charge in [0.15, 0.2) is 11.9 Å². The van der Waals surface area contributed by atoms with Crippen LogP contribution in [-0.4, -0.2) is 121 Å². The lowest BCUT2D eigenvalue weighted by Crippen LogP contribution is -2.56. The summed E-state index contributed by atoms with van der Waals surface area (Å²) in [6.07, 6.45) is 7.74. The van der Waals surface area contributed by atoms with Crippen molar-refractivity contribution >= 4 is 66.6 Å². The number of nitrogens with one attached hydrogen (secondary N) is 4. The molecule has 0 amide bonds. The summed E-state index contributed by atoms with van der Waals surface area (Å²) in [6, 6.07) is 7.52. The van der Waals surface area contributed by atoms with Gasteiger partial charge in [0.1, 0.15) is 12.0 Å². The van der Waals surface area contributed by atoms with E-state index in [9.17, 15) is 29.9 Å². The Morgan fingerprint density at radius 3 is 1.89 bits per heavy atom. The van der Waals surface area contributed by atoms with E-state index in [1.807, 2.05) is 24.3 Å². The van der Waals surface area contributed by atoms with Gasteiger partial charge in [0.25, 0.3) is 0 Å². The van der Waals surface area contributed by atoms with Crippen molar-refractivity contribution in [3.8, 4) is 0 Å². The van der Waals surface area contributed by atoms with E-state index in [1.54, 1.807) is 36.9 Å². The third-order valence-corrected chi connectivity index (χ3v) is 6.97. The van der Waals surface area contributed by atoms with Crippen molar-refractivity contribution in [2.45, 2.75) is 85.5 Å². The summed E-state index contributed by atoms with van der Waals surface area (Å²) >= 11 is 0. The Kier molecular flexibility index (Phi) is 20.9. The number of aryl methyl sites for hydroxylation is 1. The largest absolute Gasteiger partial charge is 0.433 e. The quantitative estimate of drug-likeness (QED) is 0.0275. The highest BCUT2D eigenvalue weighted by Crippen LogP contribution is 2.13. The van der Waals surface area contributed by atoms with Gasteiger partial charge in [0.2, 0.25) is 0 Å². The normalized spacial score (nSPS) is 11.3. The second kappa shape index (κ2) is 23.4. The van der Waals surface area contributed by atoms with Crippen LogP contribution in [0.1, 0.15) is 56.1 Å². The molecule has 0 saturated carbocycles. The first-order chi connectivity index (χ1) is 21.8. The lowest BCUT2D eigenvalue weighted by molar-refractivity contribution is 0.395. The topological polar surface area (TPSA) is 209 Å². The molecule has 14 nitrogen and oxygen atoms in total. The molecule has 250 valence electrons. The summed E-state index contributed by atoms with van der Waals surface area (Å²) in [5, 5.41) is 67.1. The fraction of sp³-hybridized carbons (Fsp3) is 0.615. The lowest BCUT2D eigenvalue weighted by atomic mass is 9.80. The van der Waals surface area contributed by atoms with Crippen LogP contribution in [0.15, 0.2) is 34.1 Å². The van der Waals surface area contributed by atoms with Gasteiger partial charge in [-0.3, -0.25) is 15.2 Å². The molecular weight excluding hydrogens is 585 g/mol. The average Bonchev–Trinajstić information content (AvgIpc) is 2.97. The Balaban J connectivity index is 2.65. The van der Waals surface area contributed by atoms with Gasteiger partial charge in [0.05, 0.1) is 0 Å². The number of carbonyl (C=O) groups excluding carboxylic acids is 1. The van der Waals surface area contributed by atoms with Crippen LogP contribution < -0.4 is 15.8 Å². The molecule has 0 aromatic heterocycles. The number of benzene rings is 1. The van der Waals surface area contributed by atoms with Crippen LogP contribution in [-0.2, 0) is 11.2 Å². The Bertz CT molecular complexity index is 1070. The van der Waals surface area contributed by atoms with Crippen LogP contribution in [0, 0.1) is 5.41 Å². The molecule has 1 aromatic carbocycles. The zero-order valence-electron chi connectivity index (χ0n) is 28.2. The number of carbonyl (C=O) groups is 1. The third-order valence-electron chi connectivity index (χ3n) is 6.97. The van der Waals surface area contributed by atoms with E-state index in [-0.39, 0.29) is 13.3 Å². The number of hydrogen-bond donors (Lipinski definition) is 9. The van der Waals surface area contributed by atoms with Gasteiger partial charge >= 0.3 is 42.7 Å². The standard InChI is InChI=1S/C26H52B6N8O6/c1-28(42)36-25(37-29(2)43)34-18-10-8-6-7-9-11-19-39(31(4)45)26(38-30(3)44)40(32(5)46)20-12-13-22-14-16-23(17-15-22)24(33)35-27-21-41/h14-17,21,27,42-46H,6-13,18-20H2,1-5H3,(H2,33,35)(H2,34,36,37)/b38-26+. The maximum atomic E-state index is 10.7. The number of guanidine groups is 2. The molecule has 1 aromatic rings. The first kappa shape index (κ1) is 41.1. The van der Waals surface area contributed by atoms with Crippen molar-refractivity contribution in [1.82, 2.24) is 25.4 Å². The summed E-state index contributed by atoms with van der Waals surface area (Å²) in [4.78, 5) is 22.4. The maximum Gasteiger partial charge on any atom is 0.431 e. The van der Waals surface area contributed by atoms with Crippen LogP contribution in [0.5, 0.6) is 0 Å². The van der Waals surface area contributed by atoms with Crippen LogP contribution in [0.4, 0.5) is 0 Å². The van der Waals surface area contributed by atoms with Crippen LogP contribution in [0.2, 0.25) is 34.1 Å². The van der Waals surface area contributed by atoms with Gasteiger partial charge < -0.3 is 55.3 Å². The highest BCUT2D eigenvalue weighted by Gasteiger charge is 2.29. The number of unbranched alkanes of at least 4 members (excludes halogenated alkanes) is 5. The highest BCUT2D eigenvalue weighted by molar-refractivity contribution is 6.67. The van der Waals surface area contributed by atoms with Crippen LogP contribution >= 0.6 is 0 Å². The molecule has 0 radical (unpaired) electrons. The molecule has 20 heteroatoms. The first-order valence-electron chi connectivity index (χ1n) is 16.3. The number of nitrogens with zero attached hydrogens (tertiary/aromatic N) is 4. The first-order valence-corrected chi connectivity index (χ1v) is 16.3. The minimum absolute atomic E-state index is 0.0857. The summed E-state index contributed by atoms with van der Waals surface area (Å²) in [5.41, 5.74) is 1.74. The average molecular weight is 638 g/mol. The van der Waals surface area contributed by atoms with Crippen molar-refractivity contribution in [2.24, 2.45) is 9.81 Å². The predicted molar refractivity (Wildman–Crippen MR) is 195 cm³/mol. The predicted octanol–water partition coefficient (Wildman–Crippen LogP) is -0.537. The molecule has 0 heterocycles. The molecule has 46 heavy (non-hydrogen) atoms. The molecule has 9 N–H and O–H groups in total. The molecule has 0 bridgehead atoms. The fourth-order valence-electron chi connectivity index (χ4n) is 4.77. The van der Waals surface area contributed by atoms with Crippen LogP contribution in [0.3, 0.4) is 0 Å². The van der Waals surface area contributed by atoms with Gasteiger partial charge in [0, 0.05) is 25.2 Å². The van der Waals surface area contributed by atoms with Crippen molar-refractivity contribution in [1.29, 1.82) is 5.41 Å². The fourth-order valence-corrected chi connectivity index (χ4v) is 4.77. The summed E-state index contributed by atoms with van der Waals surface area (Å²) in [5.74, 6) is 0.891. The summed E-state index contributed by atoms with van der Waals surface area (Å²) in [7, 11) is -4.38. The van der Waals surface area contributed by atoms with Gasteiger partial charge in [-0.05, 0) is 65.4 Å². The Morgan fingerprint density at radius 1 is 0.826 bits per heavy atom. The number of amidine groups is 1. The third kappa shape index (κ3) is 17.7. The molecule has 0 spiro atoms. The van der Waals surface area contributed by atoms with E-state index >= 15 is 0 Å². The van der Waals surface area contributed by atoms with E-state index < -0.39 is 35.3 Å². The van der Waals surface area contributed by atoms with Crippen molar-refractivity contribution < 1.29 is 29.9 Å². The molecule has 0 fully saturated rings. The van der Waals surface area contributed by atoms with Gasteiger partial charge in [-0.15, -0.1) is 0 Å². The Labute approximate surface area is 277 Å². The Hall–Kier alpha value is -2.91. The van der Waals surface area contributed by atoms with E-state index in [1.165, 1.54) is 6.82 Å². The highest BCUT2D eigenvalue weighted by atomic mass is 16.2. The number of hydrogen-bond acceptors (Lipinski definition) is 9. The molecule has 1 rings (SSSR count). The zero-order valence-corrected chi connectivity index (χ0v) is 28.2. The molecule has 0 aliphatic heterocycles. The van der Waals surface area contributed by atoms with E-state index in [4.69, 9.17) is 5.41 Å². The second-order valence-electron chi connectivity index (χ2n) is 11.4. The van der Waals surface area contributed by atoms with Gasteiger partial charge in [-0.2, -0.15) is 0 Å². The number of rotatable bonds is 21. The van der Waals surface area contributed by atoms with E-state index in [2.05, 4.69) is 25.6 Å². The van der Waals surface area contributed by atoms with E-state index in [0.29, 0.717) is 56.1 Å². The molecule has 0 aliphatic rings. The summed E-state index contributed by atoms with van der Waals surface area (Å²) in [6.45, 7) is 9.55. The molecule has 0 aliphatic carbocycles. The molecule has 0 atom stereocenters. The molecular formula is C26H52B6N8O6. The monoisotopic (exact) mass is 638 g/mol. The molecule has 0 unspecified atom stereocenters. The smallest absolute Gasteiger partial charge is 0.431 e. The Morgan fingerprint density at radius 2 is 1.37 bits per heavy atom. The van der Waals surface area contributed by atoms with E-state index in [0.717, 1.165) is 44.1 Å². The minimum atomic E-state index is -1.02. The zero-order chi connectivity index (χ0) is 34.5. The van der Waals surface area contributed by atoms with Crippen molar-refractivity contribution in [3.05, 3.63) is 35.4 Å². The lowest BCUT2D eigenvalue weighted by Gasteiger charge is -2.37. The van der Waals surface area contributed by atoms with Crippen molar-refractivity contribution in [3.63, 3.8) is 0 Å². The maximum absolute atomic E-state index is 10.7. The molecule has 0 saturated heterocycles. The van der Waals surface area contributed by atoms with Crippen LogP contribution in [0.25, 0.3) is 0 Å². The van der Waals surface area contributed by atoms with Gasteiger partial charge in [-0.1, -0.05) is 49.9 Å². The van der Waals surface area contributed by atoms with Gasteiger partial charge in [-0.25, -0.2) is 0 Å². The summed E-state index contributed by atoms with van der Waals surface area (Å²) < 4.78 is 0. The minimum Gasteiger partial charge on any atom is -0.433 e. The second-order valence-corrected chi connectivity index (χ2v) is 11.4. The van der Waals surface area contributed by atoms with Crippen molar-refractivity contribution in [2.75, 3.05) is 19.6 Å².